The molecule has 0 amide bonds. The molecule has 2 N–H and O–H groups in total. The van der Waals surface area contributed by atoms with Crippen molar-refractivity contribution >= 4 is 29.2 Å². The van der Waals surface area contributed by atoms with E-state index in [0.29, 0.717) is 22.8 Å². The molecule has 3 rings (SSSR count). The minimum Gasteiger partial charge on any atom is -0.493 e. The Morgan fingerprint density at radius 3 is 2.81 bits per heavy atom. The number of rotatable bonds is 4. The van der Waals surface area contributed by atoms with Crippen LogP contribution in [0.3, 0.4) is 0 Å². The maximum absolute atomic E-state index is 12.7. The number of nitrogens with zero attached hydrogens (tertiary/aromatic N) is 1. The Morgan fingerprint density at radius 1 is 1.26 bits per heavy atom. The molecule has 2 aromatic carbocycles. The number of ether oxygens (including phenoxy) is 3. The summed E-state index contributed by atoms with van der Waals surface area (Å²) >= 11 is 5.03. The van der Waals surface area contributed by atoms with E-state index in [2.05, 4.69) is 15.8 Å². The van der Waals surface area contributed by atoms with Crippen LogP contribution < -0.4 is 25.0 Å². The summed E-state index contributed by atoms with van der Waals surface area (Å²) in [5, 5.41) is 6.64. The van der Waals surface area contributed by atoms with Crippen LogP contribution in [-0.4, -0.2) is 25.2 Å². The second-order valence-corrected chi connectivity index (χ2v) is 5.77. The fraction of sp³-hybridized carbons (Fsp3) is 0.176. The van der Waals surface area contributed by atoms with Gasteiger partial charge < -0.3 is 19.5 Å². The third kappa shape index (κ3) is 4.59. The van der Waals surface area contributed by atoms with Gasteiger partial charge in [0.25, 0.3) is 0 Å². The molecule has 27 heavy (non-hydrogen) atoms. The summed E-state index contributed by atoms with van der Waals surface area (Å²) in [7, 11) is 1.50. The van der Waals surface area contributed by atoms with Crippen LogP contribution in [0.15, 0.2) is 41.5 Å². The summed E-state index contributed by atoms with van der Waals surface area (Å²) in [5.41, 5.74) is 2.62. The molecule has 0 unspecified atom stereocenters. The van der Waals surface area contributed by atoms with Gasteiger partial charge in [0, 0.05) is 11.3 Å². The SMILES string of the molecule is COc1cc(/C=N\NC(=S)Nc2cccc(C(F)(F)F)c2)cc2c1OCO2. The van der Waals surface area contributed by atoms with Crippen LogP contribution in [0.4, 0.5) is 18.9 Å². The minimum absolute atomic E-state index is 0.0401. The van der Waals surface area contributed by atoms with Crippen molar-refractivity contribution in [1.82, 2.24) is 5.43 Å². The van der Waals surface area contributed by atoms with E-state index in [1.165, 1.54) is 25.5 Å². The van der Waals surface area contributed by atoms with Gasteiger partial charge in [0.05, 0.1) is 18.9 Å². The first-order valence-electron chi connectivity index (χ1n) is 7.62. The molecule has 0 spiro atoms. The van der Waals surface area contributed by atoms with Crippen LogP contribution >= 0.6 is 12.2 Å². The van der Waals surface area contributed by atoms with Crippen LogP contribution in [-0.2, 0) is 6.18 Å². The van der Waals surface area contributed by atoms with Crippen LogP contribution in [0.2, 0.25) is 0 Å². The maximum Gasteiger partial charge on any atom is 0.416 e. The molecule has 0 fully saturated rings. The zero-order valence-electron chi connectivity index (χ0n) is 14.0. The lowest BCUT2D eigenvalue weighted by molar-refractivity contribution is -0.137. The number of alkyl halides is 3. The number of thiocarbonyl (C=S) groups is 1. The van der Waals surface area contributed by atoms with Crippen LogP contribution in [0.25, 0.3) is 0 Å². The first-order chi connectivity index (χ1) is 12.9. The van der Waals surface area contributed by atoms with Crippen molar-refractivity contribution in [1.29, 1.82) is 0 Å². The summed E-state index contributed by atoms with van der Waals surface area (Å²) in [6, 6.07) is 8.10. The Labute approximate surface area is 157 Å². The van der Waals surface area contributed by atoms with Gasteiger partial charge in [-0.3, -0.25) is 5.43 Å². The Kier molecular flexibility index (Phi) is 5.36. The number of nitrogens with one attached hydrogen (secondary N) is 2. The molecule has 1 aliphatic rings. The highest BCUT2D eigenvalue weighted by Gasteiger charge is 2.30. The normalized spacial score (nSPS) is 12.9. The smallest absolute Gasteiger partial charge is 0.416 e. The topological polar surface area (TPSA) is 64.1 Å². The Balaban J connectivity index is 1.63. The molecule has 0 atom stereocenters. The predicted octanol–water partition coefficient (Wildman–Crippen LogP) is 3.76. The summed E-state index contributed by atoms with van der Waals surface area (Å²) in [6.45, 7) is 0.107. The second kappa shape index (κ2) is 7.70. The van der Waals surface area contributed by atoms with Crippen molar-refractivity contribution in [2.75, 3.05) is 19.2 Å². The summed E-state index contributed by atoms with van der Waals surface area (Å²) in [4.78, 5) is 0. The van der Waals surface area contributed by atoms with Gasteiger partial charge in [-0.15, -0.1) is 0 Å². The van der Waals surface area contributed by atoms with Crippen molar-refractivity contribution in [3.8, 4) is 17.2 Å². The zero-order chi connectivity index (χ0) is 19.4. The molecule has 10 heteroatoms. The van der Waals surface area contributed by atoms with E-state index >= 15 is 0 Å². The van der Waals surface area contributed by atoms with Gasteiger partial charge in [-0.25, -0.2) is 0 Å². The molecule has 0 saturated carbocycles. The number of hydrazone groups is 1. The fourth-order valence-corrected chi connectivity index (χ4v) is 2.49. The predicted molar refractivity (Wildman–Crippen MR) is 97.5 cm³/mol. The lowest BCUT2D eigenvalue weighted by atomic mass is 10.2. The maximum atomic E-state index is 12.7. The zero-order valence-corrected chi connectivity index (χ0v) is 14.8. The van der Waals surface area contributed by atoms with Crippen LogP contribution in [0, 0.1) is 0 Å². The first kappa shape index (κ1) is 18.8. The quantitative estimate of drug-likeness (QED) is 0.465. The molecular weight excluding hydrogens is 383 g/mol. The van der Waals surface area contributed by atoms with Crippen molar-refractivity contribution in [3.63, 3.8) is 0 Å². The molecule has 2 aromatic rings. The molecule has 0 aliphatic carbocycles. The van der Waals surface area contributed by atoms with E-state index in [0.717, 1.165) is 12.1 Å². The number of halogens is 3. The van der Waals surface area contributed by atoms with Crippen molar-refractivity contribution < 1.29 is 27.4 Å². The molecule has 1 aliphatic heterocycles. The summed E-state index contributed by atoms with van der Waals surface area (Å²) in [5.74, 6) is 1.54. The van der Waals surface area contributed by atoms with Crippen LogP contribution in [0.1, 0.15) is 11.1 Å². The van der Waals surface area contributed by atoms with Gasteiger partial charge in [-0.05, 0) is 42.5 Å². The third-order valence-corrected chi connectivity index (χ3v) is 3.70. The molecule has 0 bridgehead atoms. The van der Waals surface area contributed by atoms with Gasteiger partial charge in [-0.2, -0.15) is 18.3 Å². The van der Waals surface area contributed by atoms with Gasteiger partial charge in [0.1, 0.15) is 0 Å². The Morgan fingerprint density at radius 2 is 2.07 bits per heavy atom. The fourth-order valence-electron chi connectivity index (χ4n) is 2.32. The number of anilines is 1. The highest BCUT2D eigenvalue weighted by molar-refractivity contribution is 7.80. The summed E-state index contributed by atoms with van der Waals surface area (Å²) in [6.07, 6.45) is -2.96. The number of methoxy groups -OCH3 is 1. The van der Waals surface area contributed by atoms with Crippen molar-refractivity contribution in [3.05, 3.63) is 47.5 Å². The van der Waals surface area contributed by atoms with E-state index in [1.807, 2.05) is 0 Å². The van der Waals surface area contributed by atoms with Crippen molar-refractivity contribution in [2.45, 2.75) is 6.18 Å². The van der Waals surface area contributed by atoms with Gasteiger partial charge >= 0.3 is 6.18 Å². The Hall–Kier alpha value is -3.01. The lowest BCUT2D eigenvalue weighted by Gasteiger charge is -2.10. The largest absolute Gasteiger partial charge is 0.493 e. The van der Waals surface area contributed by atoms with E-state index < -0.39 is 11.7 Å². The molecule has 0 saturated heterocycles. The van der Waals surface area contributed by atoms with E-state index in [1.54, 1.807) is 12.1 Å². The second-order valence-electron chi connectivity index (χ2n) is 5.36. The van der Waals surface area contributed by atoms with Gasteiger partial charge in [0.2, 0.25) is 12.5 Å². The number of fused-ring (bicyclic) bond motifs is 1. The third-order valence-electron chi connectivity index (χ3n) is 3.51. The monoisotopic (exact) mass is 397 g/mol. The average Bonchev–Trinajstić information content (AvgIpc) is 3.09. The summed E-state index contributed by atoms with van der Waals surface area (Å²) < 4.78 is 54.0. The highest BCUT2D eigenvalue weighted by atomic mass is 32.1. The van der Waals surface area contributed by atoms with Gasteiger partial charge in [0.15, 0.2) is 16.6 Å². The first-order valence-corrected chi connectivity index (χ1v) is 8.02. The number of benzene rings is 2. The van der Waals surface area contributed by atoms with E-state index in [4.69, 9.17) is 26.4 Å². The van der Waals surface area contributed by atoms with E-state index in [9.17, 15) is 13.2 Å². The average molecular weight is 397 g/mol. The molecule has 0 radical (unpaired) electrons. The molecule has 1 heterocycles. The van der Waals surface area contributed by atoms with Crippen molar-refractivity contribution in [2.24, 2.45) is 5.10 Å². The van der Waals surface area contributed by atoms with Crippen LogP contribution in [0.5, 0.6) is 17.2 Å². The molecule has 0 aromatic heterocycles. The minimum atomic E-state index is -4.43. The number of hydrogen-bond donors (Lipinski definition) is 2. The highest BCUT2D eigenvalue weighted by Crippen LogP contribution is 2.41. The molecule has 6 nitrogen and oxygen atoms in total. The lowest BCUT2D eigenvalue weighted by Crippen LogP contribution is -2.24. The Bertz CT molecular complexity index is 887. The van der Waals surface area contributed by atoms with Gasteiger partial charge in [-0.1, -0.05) is 6.07 Å². The van der Waals surface area contributed by atoms with E-state index in [-0.39, 0.29) is 17.6 Å². The number of hydrogen-bond acceptors (Lipinski definition) is 5. The standard InChI is InChI=1S/C17H14F3N3O3S/c1-24-13-5-10(6-14-15(13)26-9-25-14)8-21-23-16(27)22-12-4-2-3-11(7-12)17(18,19)20/h2-8H,9H2,1H3,(H2,22,23,27)/b21-8-. The molecular formula is C17H14F3N3O3S. The molecule has 142 valence electrons.